The van der Waals surface area contributed by atoms with Crippen LogP contribution < -0.4 is 5.32 Å². The molecule has 1 spiro atoms. The van der Waals surface area contributed by atoms with Crippen molar-refractivity contribution in [1.29, 1.82) is 0 Å². The molecule has 4 heterocycles. The summed E-state index contributed by atoms with van der Waals surface area (Å²) in [5.74, 6) is 0.0890. The molecular formula is C17H22N4O2S. The third kappa shape index (κ3) is 3.11. The lowest BCUT2D eigenvalue weighted by atomic mass is 9.84. The highest BCUT2D eigenvalue weighted by molar-refractivity contribution is 7.09. The van der Waals surface area contributed by atoms with Crippen molar-refractivity contribution in [1.82, 2.24) is 20.4 Å². The first-order valence-electron chi connectivity index (χ1n) is 8.43. The van der Waals surface area contributed by atoms with Gasteiger partial charge in [-0.2, -0.15) is 5.10 Å². The number of aromatic amines is 1. The monoisotopic (exact) mass is 346 g/mol. The molecule has 7 heteroatoms. The highest BCUT2D eigenvalue weighted by Crippen LogP contribution is 2.40. The van der Waals surface area contributed by atoms with Crippen LogP contribution in [0.1, 0.15) is 29.0 Å². The number of fused-ring (bicyclic) bond motifs is 2. The number of thiophene rings is 1. The SMILES string of the molecule is O=C(CN1CCC2(CC1)OCCc1cn[nH]c12)NCc1cccs1. The van der Waals surface area contributed by atoms with Crippen molar-refractivity contribution in [2.75, 3.05) is 26.2 Å². The summed E-state index contributed by atoms with van der Waals surface area (Å²) in [5, 5.41) is 12.4. The zero-order chi connectivity index (χ0) is 16.4. The van der Waals surface area contributed by atoms with Crippen LogP contribution in [-0.2, 0) is 28.1 Å². The van der Waals surface area contributed by atoms with Crippen LogP contribution in [0.15, 0.2) is 23.7 Å². The number of hydrogen-bond acceptors (Lipinski definition) is 5. The number of piperidine rings is 1. The Morgan fingerprint density at radius 2 is 2.33 bits per heavy atom. The first kappa shape index (κ1) is 15.8. The number of aromatic nitrogens is 2. The number of ether oxygens (including phenoxy) is 1. The van der Waals surface area contributed by atoms with Gasteiger partial charge in [0.1, 0.15) is 5.60 Å². The summed E-state index contributed by atoms with van der Waals surface area (Å²) in [6, 6.07) is 4.04. The van der Waals surface area contributed by atoms with Gasteiger partial charge in [0, 0.05) is 18.0 Å². The van der Waals surface area contributed by atoms with Crippen molar-refractivity contribution in [2.24, 2.45) is 0 Å². The maximum Gasteiger partial charge on any atom is 0.234 e. The van der Waals surface area contributed by atoms with Crippen LogP contribution in [0.3, 0.4) is 0 Å². The first-order chi connectivity index (χ1) is 11.8. The minimum atomic E-state index is -0.228. The summed E-state index contributed by atoms with van der Waals surface area (Å²) in [5.41, 5.74) is 2.20. The van der Waals surface area contributed by atoms with Gasteiger partial charge in [0.2, 0.25) is 5.91 Å². The van der Waals surface area contributed by atoms with Crippen LogP contribution in [0, 0.1) is 0 Å². The fraction of sp³-hybridized carbons (Fsp3) is 0.529. The van der Waals surface area contributed by atoms with Crippen LogP contribution in [-0.4, -0.2) is 47.2 Å². The Morgan fingerprint density at radius 3 is 3.12 bits per heavy atom. The van der Waals surface area contributed by atoms with E-state index in [0.717, 1.165) is 44.7 Å². The summed E-state index contributed by atoms with van der Waals surface area (Å²) in [6.45, 7) is 3.57. The van der Waals surface area contributed by atoms with Gasteiger partial charge in [0.05, 0.1) is 31.6 Å². The number of likely N-dealkylation sites (tertiary alicyclic amines) is 1. The normalized spacial score (nSPS) is 20.0. The third-order valence-corrected chi connectivity index (χ3v) is 5.87. The molecule has 0 unspecified atom stereocenters. The van der Waals surface area contributed by atoms with E-state index in [4.69, 9.17) is 4.74 Å². The fourth-order valence-electron chi connectivity index (χ4n) is 3.65. The van der Waals surface area contributed by atoms with E-state index in [9.17, 15) is 4.79 Å². The summed E-state index contributed by atoms with van der Waals surface area (Å²) in [7, 11) is 0. The van der Waals surface area contributed by atoms with Gasteiger partial charge < -0.3 is 10.1 Å². The summed E-state index contributed by atoms with van der Waals surface area (Å²) < 4.78 is 6.14. The Bertz CT molecular complexity index is 689. The van der Waals surface area contributed by atoms with E-state index < -0.39 is 0 Å². The van der Waals surface area contributed by atoms with Gasteiger partial charge in [-0.25, -0.2) is 0 Å². The molecule has 6 nitrogen and oxygen atoms in total. The number of rotatable bonds is 4. The smallest absolute Gasteiger partial charge is 0.234 e. The molecule has 0 radical (unpaired) electrons. The minimum absolute atomic E-state index is 0.0890. The summed E-state index contributed by atoms with van der Waals surface area (Å²) in [4.78, 5) is 15.5. The molecule has 1 fully saturated rings. The molecule has 128 valence electrons. The molecule has 0 saturated carbocycles. The standard InChI is InChI=1S/C17H22N4O2S/c22-15(18-11-14-2-1-9-24-14)12-21-6-4-17(5-7-21)16-13(3-8-23-17)10-19-20-16/h1-2,9-10H,3-8,11-12H2,(H,18,22)(H,19,20). The largest absolute Gasteiger partial charge is 0.368 e. The van der Waals surface area contributed by atoms with Crippen LogP contribution >= 0.6 is 11.3 Å². The number of H-pyrrole nitrogens is 1. The second-order valence-corrected chi connectivity index (χ2v) is 7.53. The molecule has 2 aliphatic rings. The lowest BCUT2D eigenvalue weighted by Crippen LogP contribution is -2.49. The highest BCUT2D eigenvalue weighted by Gasteiger charge is 2.42. The average molecular weight is 346 g/mol. The summed E-state index contributed by atoms with van der Waals surface area (Å²) in [6.07, 6.45) is 4.66. The number of nitrogens with one attached hydrogen (secondary N) is 2. The predicted octanol–water partition coefficient (Wildman–Crippen LogP) is 1.65. The quantitative estimate of drug-likeness (QED) is 0.883. The van der Waals surface area contributed by atoms with Crippen LogP contribution in [0.25, 0.3) is 0 Å². The zero-order valence-corrected chi connectivity index (χ0v) is 14.4. The molecule has 2 aromatic rings. The molecule has 0 aromatic carbocycles. The Balaban J connectivity index is 1.30. The number of hydrogen-bond donors (Lipinski definition) is 2. The Kier molecular flexibility index (Phi) is 4.39. The maximum absolute atomic E-state index is 12.1. The maximum atomic E-state index is 12.1. The summed E-state index contributed by atoms with van der Waals surface area (Å²) >= 11 is 1.67. The molecule has 0 bridgehead atoms. The van der Waals surface area contributed by atoms with Crippen LogP contribution in [0.5, 0.6) is 0 Å². The zero-order valence-electron chi connectivity index (χ0n) is 13.6. The second-order valence-electron chi connectivity index (χ2n) is 6.50. The Labute approximate surface area is 145 Å². The molecule has 0 atom stereocenters. The molecule has 4 rings (SSSR count). The van der Waals surface area contributed by atoms with Crippen LogP contribution in [0.2, 0.25) is 0 Å². The molecule has 1 saturated heterocycles. The molecule has 24 heavy (non-hydrogen) atoms. The van der Waals surface area contributed by atoms with E-state index in [0.29, 0.717) is 13.1 Å². The van der Waals surface area contributed by atoms with Gasteiger partial charge in [-0.15, -0.1) is 11.3 Å². The molecule has 2 aliphatic heterocycles. The van der Waals surface area contributed by atoms with Gasteiger partial charge in [-0.05, 0) is 36.3 Å². The Hall–Kier alpha value is -1.70. The van der Waals surface area contributed by atoms with Gasteiger partial charge in [-0.1, -0.05) is 6.07 Å². The van der Waals surface area contributed by atoms with Gasteiger partial charge >= 0.3 is 0 Å². The molecular weight excluding hydrogens is 324 g/mol. The average Bonchev–Trinajstić information content (AvgIpc) is 3.27. The molecule has 1 amide bonds. The van der Waals surface area contributed by atoms with Crippen molar-refractivity contribution < 1.29 is 9.53 Å². The van der Waals surface area contributed by atoms with Crippen molar-refractivity contribution in [3.8, 4) is 0 Å². The topological polar surface area (TPSA) is 70.2 Å². The third-order valence-electron chi connectivity index (χ3n) is 4.99. The van der Waals surface area contributed by atoms with Gasteiger partial charge in [-0.3, -0.25) is 14.8 Å². The van der Waals surface area contributed by atoms with Gasteiger partial charge in [0.25, 0.3) is 0 Å². The van der Waals surface area contributed by atoms with Crippen LogP contribution in [0.4, 0.5) is 0 Å². The van der Waals surface area contributed by atoms with Crippen molar-refractivity contribution in [3.63, 3.8) is 0 Å². The molecule has 2 N–H and O–H groups in total. The number of amides is 1. The van der Waals surface area contributed by atoms with Crippen molar-refractivity contribution in [2.45, 2.75) is 31.4 Å². The van der Waals surface area contributed by atoms with Crippen molar-refractivity contribution >= 4 is 17.2 Å². The first-order valence-corrected chi connectivity index (χ1v) is 9.31. The fourth-order valence-corrected chi connectivity index (χ4v) is 4.29. The van der Waals surface area contributed by atoms with E-state index in [2.05, 4.69) is 20.4 Å². The van der Waals surface area contributed by atoms with E-state index >= 15 is 0 Å². The lowest BCUT2D eigenvalue weighted by Gasteiger charge is -2.43. The second kappa shape index (κ2) is 6.66. The molecule has 2 aromatic heterocycles. The minimum Gasteiger partial charge on any atom is -0.368 e. The number of carbonyl (C=O) groups is 1. The number of nitrogens with zero attached hydrogens (tertiary/aromatic N) is 2. The number of carbonyl (C=O) groups excluding carboxylic acids is 1. The van der Waals surface area contributed by atoms with Crippen molar-refractivity contribution in [3.05, 3.63) is 39.8 Å². The van der Waals surface area contributed by atoms with Gasteiger partial charge in [0.15, 0.2) is 0 Å². The van der Waals surface area contributed by atoms with E-state index in [1.165, 1.54) is 10.4 Å². The van der Waals surface area contributed by atoms with E-state index in [-0.39, 0.29) is 11.5 Å². The predicted molar refractivity (Wildman–Crippen MR) is 91.8 cm³/mol. The highest BCUT2D eigenvalue weighted by atomic mass is 32.1. The van der Waals surface area contributed by atoms with E-state index in [1.54, 1.807) is 11.3 Å². The molecule has 0 aliphatic carbocycles. The van der Waals surface area contributed by atoms with E-state index in [1.807, 2.05) is 23.7 Å². The lowest BCUT2D eigenvalue weighted by molar-refractivity contribution is -0.126. The Morgan fingerprint density at radius 1 is 1.46 bits per heavy atom.